The van der Waals surface area contributed by atoms with Crippen LogP contribution in [0.4, 0.5) is 10.1 Å². The van der Waals surface area contributed by atoms with Crippen LogP contribution in [0.25, 0.3) is 0 Å². The molecule has 0 saturated carbocycles. The minimum atomic E-state index is -3.57. The molecule has 7 heteroatoms. The molecule has 1 atom stereocenters. The topological polar surface area (TPSA) is 66.5 Å². The molecule has 1 aliphatic rings. The molecule has 5 nitrogen and oxygen atoms in total. The largest absolute Gasteiger partial charge is 0.326 e. The number of anilines is 1. The molecule has 1 heterocycles. The standard InChI is InChI=1S/C21H25FN2O3S/c1-2-16-7-11-20(12-8-16)23-21(25)18-4-3-13-24(14-18)28(26,27)15-17-5-9-19(22)10-6-17/h5-12,18H,2-4,13-15H2,1H3,(H,23,25)/t18-/m1/s1. The summed E-state index contributed by atoms with van der Waals surface area (Å²) in [5.74, 6) is -1.14. The molecular formula is C21H25FN2O3S. The highest BCUT2D eigenvalue weighted by Gasteiger charge is 2.32. The SMILES string of the molecule is CCc1ccc(NC(=O)[C@@H]2CCCN(S(=O)(=O)Cc3ccc(F)cc3)C2)cc1. The lowest BCUT2D eigenvalue weighted by Gasteiger charge is -2.31. The van der Waals surface area contributed by atoms with Crippen LogP contribution in [0.15, 0.2) is 48.5 Å². The molecule has 28 heavy (non-hydrogen) atoms. The van der Waals surface area contributed by atoms with Gasteiger partial charge in [0.1, 0.15) is 5.82 Å². The van der Waals surface area contributed by atoms with E-state index in [0.717, 1.165) is 6.42 Å². The van der Waals surface area contributed by atoms with E-state index >= 15 is 0 Å². The molecule has 1 N–H and O–H groups in total. The van der Waals surface area contributed by atoms with Crippen LogP contribution in [0, 0.1) is 11.7 Å². The first kappa shape index (κ1) is 20.5. The van der Waals surface area contributed by atoms with Crippen molar-refractivity contribution >= 4 is 21.6 Å². The minimum absolute atomic E-state index is 0.161. The number of nitrogens with zero attached hydrogens (tertiary/aromatic N) is 1. The van der Waals surface area contributed by atoms with Crippen molar-refractivity contribution in [3.05, 3.63) is 65.5 Å². The van der Waals surface area contributed by atoms with E-state index in [-0.39, 0.29) is 24.1 Å². The summed E-state index contributed by atoms with van der Waals surface area (Å²) in [5.41, 5.74) is 2.44. The summed E-state index contributed by atoms with van der Waals surface area (Å²) in [4.78, 5) is 12.6. The van der Waals surface area contributed by atoms with Crippen molar-refractivity contribution in [3.63, 3.8) is 0 Å². The van der Waals surface area contributed by atoms with Gasteiger partial charge in [-0.05, 0) is 54.7 Å². The zero-order valence-corrected chi connectivity index (χ0v) is 16.7. The third-order valence-corrected chi connectivity index (χ3v) is 6.86. The van der Waals surface area contributed by atoms with Gasteiger partial charge in [-0.25, -0.2) is 17.1 Å². The molecule has 0 radical (unpaired) electrons. The van der Waals surface area contributed by atoms with Gasteiger partial charge in [-0.2, -0.15) is 0 Å². The molecule has 2 aromatic carbocycles. The van der Waals surface area contributed by atoms with Gasteiger partial charge in [0.15, 0.2) is 0 Å². The summed E-state index contributed by atoms with van der Waals surface area (Å²) >= 11 is 0. The summed E-state index contributed by atoms with van der Waals surface area (Å²) in [7, 11) is -3.57. The van der Waals surface area contributed by atoms with Gasteiger partial charge in [-0.1, -0.05) is 31.2 Å². The number of hydrogen-bond donors (Lipinski definition) is 1. The Morgan fingerprint density at radius 3 is 2.39 bits per heavy atom. The van der Waals surface area contributed by atoms with Crippen LogP contribution in [0.2, 0.25) is 0 Å². The first-order valence-corrected chi connectivity index (χ1v) is 11.1. The van der Waals surface area contributed by atoms with Gasteiger partial charge >= 0.3 is 0 Å². The fourth-order valence-corrected chi connectivity index (χ4v) is 4.97. The Morgan fingerprint density at radius 2 is 1.75 bits per heavy atom. The average molecular weight is 405 g/mol. The van der Waals surface area contributed by atoms with E-state index < -0.39 is 15.8 Å². The number of hydrogen-bond acceptors (Lipinski definition) is 3. The first-order valence-electron chi connectivity index (χ1n) is 9.49. The second kappa shape index (κ2) is 8.84. The van der Waals surface area contributed by atoms with Crippen molar-refractivity contribution in [1.82, 2.24) is 4.31 Å². The molecule has 2 aromatic rings. The molecule has 3 rings (SSSR count). The van der Waals surface area contributed by atoms with Crippen LogP contribution >= 0.6 is 0 Å². The fraction of sp³-hybridized carbons (Fsp3) is 0.381. The van der Waals surface area contributed by atoms with Gasteiger partial charge in [0.2, 0.25) is 15.9 Å². The first-order chi connectivity index (χ1) is 13.4. The van der Waals surface area contributed by atoms with Gasteiger partial charge in [-0.3, -0.25) is 4.79 Å². The highest BCUT2D eigenvalue weighted by Crippen LogP contribution is 2.23. The number of halogens is 1. The van der Waals surface area contributed by atoms with Crippen LogP contribution in [0.3, 0.4) is 0 Å². The summed E-state index contributed by atoms with van der Waals surface area (Å²) in [6.07, 6.45) is 2.22. The van der Waals surface area contributed by atoms with Crippen molar-refractivity contribution in [2.45, 2.75) is 31.9 Å². The Labute approximate surface area is 165 Å². The number of amides is 1. The van der Waals surface area contributed by atoms with Crippen LogP contribution < -0.4 is 5.32 Å². The molecule has 1 aliphatic heterocycles. The maximum atomic E-state index is 13.0. The van der Waals surface area contributed by atoms with Gasteiger partial charge in [0.25, 0.3) is 0 Å². The lowest BCUT2D eigenvalue weighted by atomic mass is 9.98. The second-order valence-electron chi connectivity index (χ2n) is 7.12. The summed E-state index contributed by atoms with van der Waals surface area (Å²) in [5, 5.41) is 2.89. The van der Waals surface area contributed by atoms with E-state index in [2.05, 4.69) is 12.2 Å². The van der Waals surface area contributed by atoms with Crippen molar-refractivity contribution in [2.24, 2.45) is 5.92 Å². The normalized spacial score (nSPS) is 18.0. The third kappa shape index (κ3) is 5.17. The molecule has 150 valence electrons. The monoisotopic (exact) mass is 404 g/mol. The highest BCUT2D eigenvalue weighted by atomic mass is 32.2. The maximum Gasteiger partial charge on any atom is 0.228 e. The van der Waals surface area contributed by atoms with E-state index in [1.54, 1.807) is 0 Å². The number of carbonyl (C=O) groups excluding carboxylic acids is 1. The number of rotatable bonds is 6. The zero-order valence-electron chi connectivity index (χ0n) is 15.9. The quantitative estimate of drug-likeness (QED) is 0.800. The molecule has 0 bridgehead atoms. The molecule has 1 amide bonds. The number of piperidine rings is 1. The van der Waals surface area contributed by atoms with Crippen LogP contribution in [0.1, 0.15) is 30.9 Å². The highest BCUT2D eigenvalue weighted by molar-refractivity contribution is 7.88. The molecular weight excluding hydrogens is 379 g/mol. The molecule has 0 unspecified atom stereocenters. The fourth-order valence-electron chi connectivity index (χ4n) is 3.36. The smallest absolute Gasteiger partial charge is 0.228 e. The number of benzene rings is 2. The molecule has 0 spiro atoms. The Hall–Kier alpha value is -2.25. The number of aryl methyl sites for hydroxylation is 1. The van der Waals surface area contributed by atoms with Crippen LogP contribution in [-0.2, 0) is 27.0 Å². The van der Waals surface area contributed by atoms with Gasteiger partial charge < -0.3 is 5.32 Å². The minimum Gasteiger partial charge on any atom is -0.326 e. The van der Waals surface area contributed by atoms with E-state index in [1.807, 2.05) is 24.3 Å². The number of nitrogens with one attached hydrogen (secondary N) is 1. The Morgan fingerprint density at radius 1 is 1.11 bits per heavy atom. The summed E-state index contributed by atoms with van der Waals surface area (Å²) in [6, 6.07) is 13.1. The van der Waals surface area contributed by atoms with Gasteiger partial charge in [0.05, 0.1) is 11.7 Å². The predicted octanol–water partition coefficient (Wildman–Crippen LogP) is 3.57. The van der Waals surface area contributed by atoms with Gasteiger partial charge in [-0.15, -0.1) is 0 Å². The summed E-state index contributed by atoms with van der Waals surface area (Å²) in [6.45, 7) is 2.64. The van der Waals surface area contributed by atoms with Gasteiger partial charge in [0, 0.05) is 18.8 Å². The van der Waals surface area contributed by atoms with E-state index in [9.17, 15) is 17.6 Å². The molecule has 0 aromatic heterocycles. The summed E-state index contributed by atoms with van der Waals surface area (Å²) < 4.78 is 39.9. The maximum absolute atomic E-state index is 13.0. The average Bonchev–Trinajstić information content (AvgIpc) is 2.70. The second-order valence-corrected chi connectivity index (χ2v) is 9.09. The Bertz CT molecular complexity index is 912. The lowest BCUT2D eigenvalue weighted by molar-refractivity contribution is -0.120. The van der Waals surface area contributed by atoms with E-state index in [4.69, 9.17) is 0 Å². The van der Waals surface area contributed by atoms with E-state index in [1.165, 1.54) is 34.1 Å². The molecule has 1 fully saturated rings. The Kier molecular flexibility index (Phi) is 6.46. The van der Waals surface area contributed by atoms with Crippen LogP contribution in [0.5, 0.6) is 0 Å². The van der Waals surface area contributed by atoms with Crippen LogP contribution in [-0.4, -0.2) is 31.7 Å². The Balaban J connectivity index is 1.63. The van der Waals surface area contributed by atoms with Crippen molar-refractivity contribution in [2.75, 3.05) is 18.4 Å². The zero-order chi connectivity index (χ0) is 20.1. The van der Waals surface area contributed by atoms with E-state index in [0.29, 0.717) is 30.6 Å². The van der Waals surface area contributed by atoms with Crippen molar-refractivity contribution < 1.29 is 17.6 Å². The lowest BCUT2D eigenvalue weighted by Crippen LogP contribution is -2.44. The number of sulfonamides is 1. The third-order valence-electron chi connectivity index (χ3n) is 5.04. The van der Waals surface area contributed by atoms with Crippen molar-refractivity contribution in [3.8, 4) is 0 Å². The predicted molar refractivity (Wildman–Crippen MR) is 108 cm³/mol. The molecule has 1 saturated heterocycles. The number of carbonyl (C=O) groups is 1. The molecule has 0 aliphatic carbocycles. The van der Waals surface area contributed by atoms with Crippen molar-refractivity contribution in [1.29, 1.82) is 0 Å².